The van der Waals surface area contributed by atoms with Crippen molar-refractivity contribution in [2.24, 2.45) is 10.9 Å². The van der Waals surface area contributed by atoms with Crippen molar-refractivity contribution in [1.29, 1.82) is 0 Å². The standard InChI is InChI=1S/C9H16F3N3/c1-6-5-7(6)15-8(13-2)14-4-3-9(10,11)12/h6-7H,3-5H2,1-2H3,(H2,13,14,15). The molecular weight excluding hydrogens is 207 g/mol. The summed E-state index contributed by atoms with van der Waals surface area (Å²) < 4.78 is 35.5. The van der Waals surface area contributed by atoms with Crippen LogP contribution in [0.5, 0.6) is 0 Å². The highest BCUT2D eigenvalue weighted by Crippen LogP contribution is 2.28. The summed E-state index contributed by atoms with van der Waals surface area (Å²) >= 11 is 0. The molecule has 1 rings (SSSR count). The van der Waals surface area contributed by atoms with Crippen LogP contribution >= 0.6 is 0 Å². The summed E-state index contributed by atoms with van der Waals surface area (Å²) in [5.74, 6) is 1.04. The molecule has 1 aliphatic rings. The van der Waals surface area contributed by atoms with E-state index >= 15 is 0 Å². The van der Waals surface area contributed by atoms with E-state index < -0.39 is 12.6 Å². The number of hydrogen-bond acceptors (Lipinski definition) is 1. The van der Waals surface area contributed by atoms with Gasteiger partial charge in [0.2, 0.25) is 0 Å². The van der Waals surface area contributed by atoms with Crippen LogP contribution in [0.15, 0.2) is 4.99 Å². The van der Waals surface area contributed by atoms with Gasteiger partial charge >= 0.3 is 6.18 Å². The first kappa shape index (κ1) is 12.1. The lowest BCUT2D eigenvalue weighted by Crippen LogP contribution is -2.40. The number of guanidine groups is 1. The minimum atomic E-state index is -4.11. The molecule has 0 radical (unpaired) electrons. The number of hydrogen-bond donors (Lipinski definition) is 2. The first-order valence-electron chi connectivity index (χ1n) is 4.96. The normalized spacial score (nSPS) is 26.3. The van der Waals surface area contributed by atoms with Gasteiger partial charge in [-0.05, 0) is 12.3 Å². The molecule has 2 unspecified atom stereocenters. The van der Waals surface area contributed by atoms with Crippen molar-refractivity contribution >= 4 is 5.96 Å². The summed E-state index contributed by atoms with van der Waals surface area (Å²) in [4.78, 5) is 3.85. The Kier molecular flexibility index (Phi) is 3.82. The largest absolute Gasteiger partial charge is 0.390 e. The number of aliphatic imine (C=N–C) groups is 1. The Bertz CT molecular complexity index is 237. The third-order valence-electron chi connectivity index (χ3n) is 2.36. The van der Waals surface area contributed by atoms with Gasteiger partial charge in [0.1, 0.15) is 0 Å². The average molecular weight is 223 g/mol. The molecule has 0 spiro atoms. The maximum absolute atomic E-state index is 11.8. The molecule has 3 nitrogen and oxygen atoms in total. The van der Waals surface area contributed by atoms with E-state index in [4.69, 9.17) is 0 Å². The number of halogens is 3. The van der Waals surface area contributed by atoms with Crippen molar-refractivity contribution in [3.05, 3.63) is 0 Å². The fourth-order valence-corrected chi connectivity index (χ4v) is 1.22. The van der Waals surface area contributed by atoms with E-state index in [9.17, 15) is 13.2 Å². The Labute approximate surface area is 87.1 Å². The summed E-state index contributed by atoms with van der Waals surface area (Å²) in [5, 5.41) is 5.68. The second-order valence-corrected chi connectivity index (χ2v) is 3.83. The molecule has 6 heteroatoms. The van der Waals surface area contributed by atoms with Crippen LogP contribution in [0.3, 0.4) is 0 Å². The molecule has 1 saturated carbocycles. The van der Waals surface area contributed by atoms with Gasteiger partial charge in [-0.1, -0.05) is 6.92 Å². The van der Waals surface area contributed by atoms with E-state index in [1.807, 2.05) is 0 Å². The van der Waals surface area contributed by atoms with Crippen molar-refractivity contribution in [3.63, 3.8) is 0 Å². The van der Waals surface area contributed by atoms with E-state index in [2.05, 4.69) is 22.5 Å². The highest BCUT2D eigenvalue weighted by molar-refractivity contribution is 5.80. The van der Waals surface area contributed by atoms with Gasteiger partial charge in [-0.3, -0.25) is 4.99 Å². The summed E-state index contributed by atoms with van der Waals surface area (Å²) in [6, 6.07) is 0.363. The molecule has 0 aliphatic heterocycles. The molecule has 0 aromatic rings. The van der Waals surface area contributed by atoms with E-state index in [0.29, 0.717) is 17.9 Å². The van der Waals surface area contributed by atoms with Gasteiger partial charge < -0.3 is 10.6 Å². The zero-order valence-corrected chi connectivity index (χ0v) is 8.86. The highest BCUT2D eigenvalue weighted by atomic mass is 19.4. The van der Waals surface area contributed by atoms with Gasteiger partial charge in [0.15, 0.2) is 5.96 Å². The first-order chi connectivity index (χ1) is 6.92. The molecule has 2 N–H and O–H groups in total. The third kappa shape index (κ3) is 4.90. The molecule has 0 aromatic carbocycles. The van der Waals surface area contributed by atoms with Crippen LogP contribution in [-0.2, 0) is 0 Å². The predicted molar refractivity (Wildman–Crippen MR) is 52.7 cm³/mol. The number of nitrogens with one attached hydrogen (secondary N) is 2. The van der Waals surface area contributed by atoms with Crippen molar-refractivity contribution in [2.75, 3.05) is 13.6 Å². The Morgan fingerprint density at radius 2 is 2.07 bits per heavy atom. The van der Waals surface area contributed by atoms with E-state index in [1.54, 1.807) is 7.05 Å². The molecule has 0 aromatic heterocycles. The molecule has 0 amide bonds. The van der Waals surface area contributed by atoms with Gasteiger partial charge in [-0.15, -0.1) is 0 Å². The van der Waals surface area contributed by atoms with Gasteiger partial charge in [0.25, 0.3) is 0 Å². The number of nitrogens with zero attached hydrogens (tertiary/aromatic N) is 1. The van der Waals surface area contributed by atoms with Crippen molar-refractivity contribution < 1.29 is 13.2 Å². The SMILES string of the molecule is CN=C(NCCC(F)(F)F)NC1CC1C. The summed E-state index contributed by atoms with van der Waals surface area (Å²) in [5.41, 5.74) is 0. The van der Waals surface area contributed by atoms with E-state index in [-0.39, 0.29) is 6.54 Å². The molecule has 15 heavy (non-hydrogen) atoms. The second-order valence-electron chi connectivity index (χ2n) is 3.83. The molecule has 0 saturated heterocycles. The number of alkyl halides is 3. The van der Waals surface area contributed by atoms with Crippen LogP contribution in [0.2, 0.25) is 0 Å². The topological polar surface area (TPSA) is 36.4 Å². The van der Waals surface area contributed by atoms with Gasteiger partial charge in [0, 0.05) is 19.6 Å². The van der Waals surface area contributed by atoms with Crippen molar-refractivity contribution in [3.8, 4) is 0 Å². The van der Waals surface area contributed by atoms with Gasteiger partial charge in [0.05, 0.1) is 6.42 Å². The average Bonchev–Trinajstić information content (AvgIpc) is 2.78. The Morgan fingerprint density at radius 3 is 2.47 bits per heavy atom. The van der Waals surface area contributed by atoms with Gasteiger partial charge in [-0.2, -0.15) is 13.2 Å². The minimum absolute atomic E-state index is 0.135. The number of rotatable bonds is 3. The minimum Gasteiger partial charge on any atom is -0.356 e. The second kappa shape index (κ2) is 4.72. The van der Waals surface area contributed by atoms with Crippen LogP contribution in [-0.4, -0.2) is 31.8 Å². The van der Waals surface area contributed by atoms with E-state index in [1.165, 1.54) is 0 Å². The third-order valence-corrected chi connectivity index (χ3v) is 2.36. The molecule has 2 atom stereocenters. The Balaban J connectivity index is 2.17. The van der Waals surface area contributed by atoms with Crippen LogP contribution in [0.25, 0.3) is 0 Å². The monoisotopic (exact) mass is 223 g/mol. The molecule has 0 heterocycles. The lowest BCUT2D eigenvalue weighted by atomic mass is 10.4. The molecule has 1 aliphatic carbocycles. The molecule has 1 fully saturated rings. The maximum atomic E-state index is 11.8. The summed E-state index contributed by atoms with van der Waals surface area (Å²) in [6.07, 6.45) is -3.90. The fourth-order valence-electron chi connectivity index (χ4n) is 1.22. The zero-order chi connectivity index (χ0) is 11.5. The van der Waals surface area contributed by atoms with Crippen LogP contribution in [0.4, 0.5) is 13.2 Å². The summed E-state index contributed by atoms with van der Waals surface area (Å²) in [7, 11) is 1.55. The molecule has 88 valence electrons. The smallest absolute Gasteiger partial charge is 0.356 e. The lowest BCUT2D eigenvalue weighted by molar-refractivity contribution is -0.132. The van der Waals surface area contributed by atoms with Crippen LogP contribution in [0, 0.1) is 5.92 Å². The van der Waals surface area contributed by atoms with Crippen LogP contribution in [0.1, 0.15) is 19.8 Å². The van der Waals surface area contributed by atoms with Crippen molar-refractivity contribution in [2.45, 2.75) is 32.0 Å². The highest BCUT2D eigenvalue weighted by Gasteiger charge is 2.33. The Hall–Kier alpha value is -0.940. The first-order valence-corrected chi connectivity index (χ1v) is 4.96. The molecular formula is C9H16F3N3. The van der Waals surface area contributed by atoms with Crippen molar-refractivity contribution in [1.82, 2.24) is 10.6 Å². The zero-order valence-electron chi connectivity index (χ0n) is 8.86. The van der Waals surface area contributed by atoms with Gasteiger partial charge in [-0.25, -0.2) is 0 Å². The fraction of sp³-hybridized carbons (Fsp3) is 0.889. The van der Waals surface area contributed by atoms with Crippen LogP contribution < -0.4 is 10.6 Å². The van der Waals surface area contributed by atoms with E-state index in [0.717, 1.165) is 6.42 Å². The quantitative estimate of drug-likeness (QED) is 0.562. The lowest BCUT2D eigenvalue weighted by Gasteiger charge is -2.12. The Morgan fingerprint density at radius 1 is 1.47 bits per heavy atom. The predicted octanol–water partition coefficient (Wildman–Crippen LogP) is 1.51. The molecule has 0 bridgehead atoms. The summed E-state index contributed by atoms with van der Waals surface area (Å²) in [6.45, 7) is 1.95. The maximum Gasteiger partial charge on any atom is 0.390 e.